The first-order chi connectivity index (χ1) is 20.5. The van der Waals surface area contributed by atoms with Crippen molar-refractivity contribution in [2.75, 3.05) is 18.6 Å². The van der Waals surface area contributed by atoms with Gasteiger partial charge in [0.2, 0.25) is 11.8 Å². The third-order valence-electron chi connectivity index (χ3n) is 9.29. The maximum Gasteiger partial charge on any atom is 0.418 e. The van der Waals surface area contributed by atoms with E-state index in [1.807, 2.05) is 18.2 Å². The van der Waals surface area contributed by atoms with Crippen LogP contribution >= 0.6 is 23.1 Å². The second-order valence-corrected chi connectivity index (χ2v) is 14.3. The predicted octanol–water partition coefficient (Wildman–Crippen LogP) is 6.18. The lowest BCUT2D eigenvalue weighted by atomic mass is 9.68. The summed E-state index contributed by atoms with van der Waals surface area (Å²) in [7, 11) is 1.57. The molecule has 2 aliphatic carbocycles. The molecule has 43 heavy (non-hydrogen) atoms. The molecule has 1 saturated heterocycles. The van der Waals surface area contributed by atoms with E-state index in [0.717, 1.165) is 37.8 Å². The van der Waals surface area contributed by atoms with Crippen molar-refractivity contribution >= 4 is 40.6 Å². The highest BCUT2D eigenvalue weighted by atomic mass is 32.2. The van der Waals surface area contributed by atoms with E-state index >= 15 is 0 Å². The summed E-state index contributed by atoms with van der Waals surface area (Å²) in [6, 6.07) is 10.5. The summed E-state index contributed by atoms with van der Waals surface area (Å²) in [6.07, 6.45) is -4.08. The van der Waals surface area contributed by atoms with Crippen LogP contribution in [-0.2, 0) is 15.8 Å². The first kappa shape index (κ1) is 28.5. The summed E-state index contributed by atoms with van der Waals surface area (Å²) in [4.78, 5) is 44.8. The molecule has 0 radical (unpaired) electrons. The van der Waals surface area contributed by atoms with Crippen molar-refractivity contribution in [1.82, 2.24) is 4.98 Å². The Labute approximate surface area is 253 Å². The summed E-state index contributed by atoms with van der Waals surface area (Å²) >= 11 is 2.67. The molecule has 1 aromatic heterocycles. The fraction of sp³-hybridized carbons (Fsp3) is 0.452. The minimum atomic E-state index is -4.72. The lowest BCUT2D eigenvalue weighted by Crippen LogP contribution is -2.42. The van der Waals surface area contributed by atoms with Gasteiger partial charge in [-0.15, -0.1) is 11.8 Å². The van der Waals surface area contributed by atoms with Gasteiger partial charge in [0.15, 0.2) is 11.5 Å². The molecule has 3 fully saturated rings. The Morgan fingerprint density at radius 1 is 1.02 bits per heavy atom. The number of halogens is 3. The number of thiazole rings is 1. The van der Waals surface area contributed by atoms with Crippen LogP contribution in [0.15, 0.2) is 52.3 Å². The Kier molecular flexibility index (Phi) is 6.73. The third kappa shape index (κ3) is 4.34. The number of alkyl halides is 3. The maximum absolute atomic E-state index is 13.9. The quantitative estimate of drug-likeness (QED) is 0.328. The van der Waals surface area contributed by atoms with Gasteiger partial charge in [0.25, 0.3) is 0 Å². The average Bonchev–Trinajstić information content (AvgIpc) is 3.70. The fourth-order valence-corrected chi connectivity index (χ4v) is 10.7. The zero-order chi connectivity index (χ0) is 30.4. The van der Waals surface area contributed by atoms with E-state index in [4.69, 9.17) is 9.47 Å². The number of fused-ring (bicyclic) bond motifs is 9. The number of aromatic amines is 1. The second-order valence-electron chi connectivity index (χ2n) is 12.1. The van der Waals surface area contributed by atoms with E-state index in [9.17, 15) is 27.6 Å². The molecule has 3 aromatic rings. The van der Waals surface area contributed by atoms with Gasteiger partial charge in [0, 0.05) is 16.0 Å². The highest BCUT2D eigenvalue weighted by Gasteiger charge is 2.70. The molecule has 226 valence electrons. The first-order valence-electron chi connectivity index (χ1n) is 14.2. The molecule has 2 aliphatic heterocycles. The number of carbonyl (C=O) groups excluding carboxylic acids is 2. The van der Waals surface area contributed by atoms with Gasteiger partial charge < -0.3 is 14.5 Å². The van der Waals surface area contributed by atoms with Crippen LogP contribution in [0.5, 0.6) is 11.5 Å². The number of para-hydroxylation sites is 1. The minimum Gasteiger partial charge on any atom is -0.493 e. The number of anilines is 1. The molecule has 0 spiro atoms. The van der Waals surface area contributed by atoms with E-state index in [0.29, 0.717) is 30.4 Å². The number of carbonyl (C=O) groups is 2. The minimum absolute atomic E-state index is 0.0913. The normalized spacial score (nSPS) is 29.2. The van der Waals surface area contributed by atoms with E-state index in [-0.39, 0.29) is 33.8 Å². The van der Waals surface area contributed by atoms with Crippen LogP contribution in [0.3, 0.4) is 0 Å². The second kappa shape index (κ2) is 10.2. The molecule has 2 aromatic carbocycles. The summed E-state index contributed by atoms with van der Waals surface area (Å²) < 4.78 is 53.4. The SMILES string of the molecule is COc1cc([C@H]2c3sc(=O)[nH]c3SC3C4CC(C5C(=O)N(c6ccccc6C(F)(F)F)C(=O)C45)C32)ccc1OCC(C)C. The highest BCUT2D eigenvalue weighted by Crippen LogP contribution is 2.69. The number of nitrogens with one attached hydrogen (secondary N) is 1. The number of nitrogens with zero attached hydrogens (tertiary/aromatic N) is 1. The standard InChI is InChI=1S/C31H29F3N2O5S2/c1-13(2)12-41-19-9-8-14(10-20(19)40-3)21-22-15-11-16(25(22)42-27-26(21)43-30(39)35-27)24-23(15)28(37)36(29(24)38)18-7-5-4-6-17(18)31(32,33)34/h4-10,13,15-16,21-25H,11-12H2,1-3H3,(H,35,39)/t15?,16?,21-,22?,23?,24?,25?/m1/s1. The smallest absolute Gasteiger partial charge is 0.418 e. The van der Waals surface area contributed by atoms with Crippen LogP contribution in [0.4, 0.5) is 18.9 Å². The van der Waals surface area contributed by atoms with Crippen LogP contribution in [0.1, 0.15) is 42.2 Å². The predicted molar refractivity (Wildman–Crippen MR) is 156 cm³/mol. The molecule has 12 heteroatoms. The highest BCUT2D eigenvalue weighted by molar-refractivity contribution is 8.00. The zero-order valence-corrected chi connectivity index (χ0v) is 25.1. The number of imide groups is 1. The van der Waals surface area contributed by atoms with E-state index in [1.165, 1.54) is 30.0 Å². The van der Waals surface area contributed by atoms with Crippen molar-refractivity contribution < 1.29 is 32.2 Å². The Balaban J connectivity index is 1.29. The molecule has 4 aliphatic rings. The van der Waals surface area contributed by atoms with Gasteiger partial charge in [0.05, 0.1) is 41.8 Å². The van der Waals surface area contributed by atoms with Crippen LogP contribution < -0.4 is 19.2 Å². The van der Waals surface area contributed by atoms with Crippen molar-refractivity contribution in [2.45, 2.75) is 42.6 Å². The summed E-state index contributed by atoms with van der Waals surface area (Å²) in [5.74, 6) is -1.85. The molecule has 7 rings (SSSR count). The first-order valence-corrected chi connectivity index (χ1v) is 15.9. The van der Waals surface area contributed by atoms with Crippen molar-refractivity contribution in [3.8, 4) is 11.5 Å². The summed E-state index contributed by atoms with van der Waals surface area (Å²) in [6.45, 7) is 4.62. The number of hydrogen-bond acceptors (Lipinski definition) is 7. The van der Waals surface area contributed by atoms with Crippen LogP contribution in [0, 0.1) is 35.5 Å². The Bertz CT molecular complexity index is 1680. The molecule has 3 heterocycles. The van der Waals surface area contributed by atoms with Gasteiger partial charge in [-0.2, -0.15) is 13.2 Å². The van der Waals surface area contributed by atoms with Crippen LogP contribution in [0.2, 0.25) is 0 Å². The lowest BCUT2D eigenvalue weighted by molar-refractivity contribution is -0.137. The Hall–Kier alpha value is -3.25. The number of amides is 2. The zero-order valence-electron chi connectivity index (χ0n) is 23.5. The molecule has 2 saturated carbocycles. The van der Waals surface area contributed by atoms with Gasteiger partial charge in [0.1, 0.15) is 0 Å². The Morgan fingerprint density at radius 3 is 2.44 bits per heavy atom. The van der Waals surface area contributed by atoms with Gasteiger partial charge in [-0.1, -0.05) is 43.4 Å². The largest absolute Gasteiger partial charge is 0.493 e. The third-order valence-corrected chi connectivity index (χ3v) is 11.9. The molecular formula is C31H29F3N2O5S2. The lowest BCUT2D eigenvalue weighted by Gasteiger charge is -2.43. The van der Waals surface area contributed by atoms with Crippen molar-refractivity contribution in [3.63, 3.8) is 0 Å². The van der Waals surface area contributed by atoms with Crippen molar-refractivity contribution in [1.29, 1.82) is 0 Å². The fourth-order valence-electron chi connectivity index (χ4n) is 7.79. The molecule has 2 amide bonds. The number of benzene rings is 2. The molecule has 7 nitrogen and oxygen atoms in total. The molecule has 2 bridgehead atoms. The van der Waals surface area contributed by atoms with Crippen LogP contribution in [-0.4, -0.2) is 35.8 Å². The van der Waals surface area contributed by atoms with E-state index < -0.39 is 41.1 Å². The molecule has 1 N–H and O–H groups in total. The molecular weight excluding hydrogens is 601 g/mol. The van der Waals surface area contributed by atoms with Gasteiger partial charge >= 0.3 is 11.0 Å². The average molecular weight is 631 g/mol. The molecule has 7 atom stereocenters. The number of ether oxygens (including phenoxy) is 2. The van der Waals surface area contributed by atoms with E-state index in [2.05, 4.69) is 18.8 Å². The molecule has 6 unspecified atom stereocenters. The van der Waals surface area contributed by atoms with Crippen molar-refractivity contribution in [3.05, 3.63) is 68.1 Å². The number of H-pyrrole nitrogens is 1. The summed E-state index contributed by atoms with van der Waals surface area (Å²) in [5, 5.41) is 0.659. The topological polar surface area (TPSA) is 88.7 Å². The van der Waals surface area contributed by atoms with Gasteiger partial charge in [-0.05, 0) is 59.9 Å². The number of rotatable bonds is 6. The number of thioether (sulfide) groups is 1. The Morgan fingerprint density at radius 2 is 1.74 bits per heavy atom. The van der Waals surface area contributed by atoms with Gasteiger partial charge in [-0.3, -0.25) is 14.4 Å². The number of hydrogen-bond donors (Lipinski definition) is 1. The number of aromatic nitrogens is 1. The maximum atomic E-state index is 13.9. The summed E-state index contributed by atoms with van der Waals surface area (Å²) in [5.41, 5.74) is -0.503. The number of methoxy groups -OCH3 is 1. The van der Waals surface area contributed by atoms with E-state index in [1.54, 1.807) is 7.11 Å². The van der Waals surface area contributed by atoms with Crippen molar-refractivity contribution in [2.24, 2.45) is 35.5 Å². The van der Waals surface area contributed by atoms with Gasteiger partial charge in [-0.25, -0.2) is 4.90 Å². The monoisotopic (exact) mass is 630 g/mol. The van der Waals surface area contributed by atoms with Crippen LogP contribution in [0.25, 0.3) is 0 Å².